The van der Waals surface area contributed by atoms with E-state index in [2.05, 4.69) is 29.3 Å². The van der Waals surface area contributed by atoms with Gasteiger partial charge in [-0.2, -0.15) is 4.98 Å². The van der Waals surface area contributed by atoms with Crippen LogP contribution in [0.4, 0.5) is 6.01 Å². The van der Waals surface area contributed by atoms with Crippen LogP contribution in [-0.4, -0.2) is 42.9 Å². The summed E-state index contributed by atoms with van der Waals surface area (Å²) in [5, 5.41) is 3.47. The van der Waals surface area contributed by atoms with Gasteiger partial charge < -0.3 is 28.8 Å². The molecule has 3 aromatic rings. The number of nitrogens with one attached hydrogen (secondary N) is 1. The highest BCUT2D eigenvalue weighted by Crippen LogP contribution is 2.32. The second-order valence-electron chi connectivity index (χ2n) is 9.73. The molecule has 1 fully saturated rings. The lowest BCUT2D eigenvalue weighted by atomic mass is 10.0. The van der Waals surface area contributed by atoms with Crippen molar-refractivity contribution in [1.29, 1.82) is 0 Å². The molecule has 0 saturated carbocycles. The van der Waals surface area contributed by atoms with E-state index in [1.165, 1.54) is 0 Å². The summed E-state index contributed by atoms with van der Waals surface area (Å²) >= 11 is 0. The third-order valence-electron chi connectivity index (χ3n) is 5.85. The van der Waals surface area contributed by atoms with Crippen LogP contribution in [0.15, 0.2) is 40.8 Å². The van der Waals surface area contributed by atoms with Crippen LogP contribution in [0.1, 0.15) is 59.4 Å². The molecule has 0 unspecified atom stereocenters. The molecule has 7 heteroatoms. The van der Waals surface area contributed by atoms with Crippen LogP contribution in [0.25, 0.3) is 11.1 Å². The van der Waals surface area contributed by atoms with Gasteiger partial charge in [0.1, 0.15) is 22.8 Å². The van der Waals surface area contributed by atoms with Crippen molar-refractivity contribution in [3.8, 4) is 17.2 Å². The average Bonchev–Trinajstić information content (AvgIpc) is 3.24. The Hall–Kier alpha value is -2.93. The summed E-state index contributed by atoms with van der Waals surface area (Å²) < 4.78 is 24.2. The smallest absolute Gasteiger partial charge is 0.298 e. The predicted molar refractivity (Wildman–Crippen MR) is 140 cm³/mol. The van der Waals surface area contributed by atoms with E-state index in [1.807, 2.05) is 52.0 Å². The molecule has 2 heterocycles. The average molecular weight is 482 g/mol. The maximum Gasteiger partial charge on any atom is 0.298 e. The van der Waals surface area contributed by atoms with Crippen molar-refractivity contribution < 1.29 is 18.6 Å². The van der Waals surface area contributed by atoms with E-state index in [4.69, 9.17) is 23.6 Å². The number of benzene rings is 2. The minimum absolute atomic E-state index is 0.0823. The fourth-order valence-electron chi connectivity index (χ4n) is 4.40. The van der Waals surface area contributed by atoms with Gasteiger partial charge in [-0.25, -0.2) is 0 Å². The maximum absolute atomic E-state index is 6.28. The highest BCUT2D eigenvalue weighted by Gasteiger charge is 2.26. The molecular formula is C28H39N3O4. The molecule has 7 nitrogen and oxygen atoms in total. The van der Waals surface area contributed by atoms with Gasteiger partial charge in [0.15, 0.2) is 5.58 Å². The fourth-order valence-corrected chi connectivity index (χ4v) is 4.40. The monoisotopic (exact) mass is 481 g/mol. The molecule has 1 saturated heterocycles. The molecule has 2 aromatic carbocycles. The second-order valence-corrected chi connectivity index (χ2v) is 9.73. The molecule has 1 N–H and O–H groups in total. The number of ether oxygens (including phenoxy) is 3. The lowest BCUT2D eigenvalue weighted by Gasteiger charge is -2.33. The fraction of sp³-hybridized carbons (Fsp3) is 0.536. The molecule has 1 aromatic heterocycles. The van der Waals surface area contributed by atoms with Crippen LogP contribution in [0.2, 0.25) is 0 Å². The number of rotatable bonds is 11. The van der Waals surface area contributed by atoms with Gasteiger partial charge in [0, 0.05) is 24.7 Å². The molecule has 4 rings (SSSR count). The topological polar surface area (TPSA) is 69.0 Å². The molecule has 0 bridgehead atoms. The molecule has 1 aliphatic rings. The number of fused-ring (bicyclic) bond motifs is 1. The zero-order chi connectivity index (χ0) is 24.8. The van der Waals surface area contributed by atoms with Crippen molar-refractivity contribution in [1.82, 2.24) is 10.3 Å². The predicted octanol–water partition coefficient (Wildman–Crippen LogP) is 5.95. The van der Waals surface area contributed by atoms with Crippen LogP contribution in [0.5, 0.6) is 17.2 Å². The van der Waals surface area contributed by atoms with E-state index in [-0.39, 0.29) is 12.2 Å². The zero-order valence-electron chi connectivity index (χ0n) is 21.7. The molecule has 0 spiro atoms. The van der Waals surface area contributed by atoms with E-state index in [0.29, 0.717) is 25.2 Å². The minimum Gasteiger partial charge on any atom is -0.494 e. The normalized spacial score (nSPS) is 14.6. The Bertz CT molecular complexity index is 1060. The number of anilines is 1. The van der Waals surface area contributed by atoms with E-state index in [0.717, 1.165) is 66.3 Å². The summed E-state index contributed by atoms with van der Waals surface area (Å²) in [5.74, 6) is 2.45. The van der Waals surface area contributed by atoms with Crippen LogP contribution >= 0.6 is 0 Å². The summed E-state index contributed by atoms with van der Waals surface area (Å²) in [7, 11) is 0. The Morgan fingerprint density at radius 2 is 1.66 bits per heavy atom. The van der Waals surface area contributed by atoms with Gasteiger partial charge in [-0.05, 0) is 89.9 Å². The first-order chi connectivity index (χ1) is 16.9. The Balaban J connectivity index is 1.67. The van der Waals surface area contributed by atoms with Crippen molar-refractivity contribution in [2.45, 2.75) is 78.7 Å². The number of oxazole rings is 1. The van der Waals surface area contributed by atoms with Gasteiger partial charge in [-0.3, -0.25) is 0 Å². The summed E-state index contributed by atoms with van der Waals surface area (Å²) in [6, 6.07) is 13.0. The van der Waals surface area contributed by atoms with Crippen molar-refractivity contribution >= 4 is 17.1 Å². The van der Waals surface area contributed by atoms with Crippen molar-refractivity contribution in [3.63, 3.8) is 0 Å². The Morgan fingerprint density at radius 1 is 0.971 bits per heavy atom. The number of nitrogens with zero attached hydrogens (tertiary/aromatic N) is 2. The van der Waals surface area contributed by atoms with E-state index >= 15 is 0 Å². The SMILES string of the molecule is CCCOc1ccc2oc(N(Cc3cc(OC(C)C)cc(OC(C)C)c3)C3CCNCC3)nc2c1. The van der Waals surface area contributed by atoms with Crippen molar-refractivity contribution in [3.05, 3.63) is 42.0 Å². The Kier molecular flexibility index (Phi) is 8.39. The summed E-state index contributed by atoms with van der Waals surface area (Å²) in [6.07, 6.45) is 3.19. The number of hydrogen-bond donors (Lipinski definition) is 1. The largest absolute Gasteiger partial charge is 0.494 e. The quantitative estimate of drug-likeness (QED) is 0.363. The number of aromatic nitrogens is 1. The van der Waals surface area contributed by atoms with Gasteiger partial charge >= 0.3 is 0 Å². The van der Waals surface area contributed by atoms with E-state index in [9.17, 15) is 0 Å². The van der Waals surface area contributed by atoms with Gasteiger partial charge in [0.25, 0.3) is 6.01 Å². The lowest BCUT2D eigenvalue weighted by Crippen LogP contribution is -2.43. The molecular weight excluding hydrogens is 442 g/mol. The van der Waals surface area contributed by atoms with Gasteiger partial charge in [0.2, 0.25) is 0 Å². The van der Waals surface area contributed by atoms with Gasteiger partial charge in [-0.15, -0.1) is 0 Å². The number of hydrogen-bond acceptors (Lipinski definition) is 7. The molecule has 190 valence electrons. The second kappa shape index (κ2) is 11.7. The van der Waals surface area contributed by atoms with Crippen LogP contribution in [-0.2, 0) is 6.54 Å². The first-order valence-corrected chi connectivity index (χ1v) is 12.9. The molecule has 0 aliphatic carbocycles. The summed E-state index contributed by atoms with van der Waals surface area (Å²) in [4.78, 5) is 7.18. The van der Waals surface area contributed by atoms with Crippen LogP contribution < -0.4 is 24.4 Å². The van der Waals surface area contributed by atoms with Crippen molar-refractivity contribution in [2.24, 2.45) is 0 Å². The standard InChI is InChI=1S/C28H39N3O4/c1-6-13-32-23-7-8-27-26(17-23)30-28(35-27)31(22-9-11-29-12-10-22)18-21-14-24(33-19(2)3)16-25(15-21)34-20(4)5/h7-8,14-17,19-20,22,29H,6,9-13,18H2,1-5H3. The zero-order valence-corrected chi connectivity index (χ0v) is 21.7. The highest BCUT2D eigenvalue weighted by molar-refractivity contribution is 5.76. The van der Waals surface area contributed by atoms with Crippen LogP contribution in [0, 0.1) is 0 Å². The van der Waals surface area contributed by atoms with Gasteiger partial charge in [-0.1, -0.05) is 6.92 Å². The highest BCUT2D eigenvalue weighted by atomic mass is 16.5. The summed E-state index contributed by atoms with van der Waals surface area (Å²) in [5.41, 5.74) is 2.68. The maximum atomic E-state index is 6.28. The molecule has 0 atom stereocenters. The van der Waals surface area contributed by atoms with Crippen LogP contribution in [0.3, 0.4) is 0 Å². The molecule has 1 aliphatic heterocycles. The van der Waals surface area contributed by atoms with Gasteiger partial charge in [0.05, 0.1) is 18.8 Å². The molecule has 0 amide bonds. The van der Waals surface area contributed by atoms with E-state index in [1.54, 1.807) is 0 Å². The van der Waals surface area contributed by atoms with E-state index < -0.39 is 0 Å². The third-order valence-corrected chi connectivity index (χ3v) is 5.85. The first-order valence-electron chi connectivity index (χ1n) is 12.9. The first kappa shape index (κ1) is 25.2. The Morgan fingerprint density at radius 3 is 2.29 bits per heavy atom. The van der Waals surface area contributed by atoms with Crippen molar-refractivity contribution in [2.75, 3.05) is 24.6 Å². The summed E-state index contributed by atoms with van der Waals surface area (Å²) in [6.45, 7) is 13.5. The molecule has 0 radical (unpaired) electrons. The number of piperidine rings is 1. The lowest BCUT2D eigenvalue weighted by molar-refractivity contribution is 0.228. The molecule has 35 heavy (non-hydrogen) atoms. The minimum atomic E-state index is 0.0823. The Labute approximate surface area is 208 Å². The third kappa shape index (κ3) is 6.82.